The van der Waals surface area contributed by atoms with Crippen molar-refractivity contribution in [2.45, 2.75) is 38.7 Å². The number of ether oxygens (including phenoxy) is 1. The number of aliphatic hydroxyl groups is 1. The van der Waals surface area contributed by atoms with Gasteiger partial charge in [0.05, 0.1) is 6.61 Å². The Morgan fingerprint density at radius 3 is 2.33 bits per heavy atom. The molecule has 0 fully saturated rings. The van der Waals surface area contributed by atoms with E-state index in [1.165, 1.54) is 0 Å². The van der Waals surface area contributed by atoms with Crippen molar-refractivity contribution >= 4 is 36.0 Å². The average Bonchev–Trinajstić information content (AvgIpc) is 2.59. The molecule has 0 aliphatic rings. The van der Waals surface area contributed by atoms with Crippen LogP contribution in [0.4, 0.5) is 4.79 Å². The summed E-state index contributed by atoms with van der Waals surface area (Å²) in [5, 5.41) is 18.7. The molecule has 7 nitrogen and oxygen atoms in total. The molecule has 0 radical (unpaired) electrons. The van der Waals surface area contributed by atoms with Crippen LogP contribution in [0, 0.1) is 0 Å². The number of carbonyl (C=O) groups is 1. The Kier molecular flexibility index (Phi) is 12.8. The monoisotopic (exact) mass is 492 g/mol. The van der Waals surface area contributed by atoms with Crippen molar-refractivity contribution in [1.29, 1.82) is 0 Å². The normalized spacial score (nSPS) is 12.6. The molecule has 27 heavy (non-hydrogen) atoms. The Hall–Kier alpha value is -1.55. The van der Waals surface area contributed by atoms with Gasteiger partial charge in [-0.1, -0.05) is 30.3 Å². The number of hydrogen-bond acceptors (Lipinski definition) is 4. The number of nitrogens with zero attached hydrogens (tertiary/aromatic N) is 1. The second kappa shape index (κ2) is 13.6. The van der Waals surface area contributed by atoms with E-state index in [4.69, 9.17) is 4.74 Å². The second-order valence-corrected chi connectivity index (χ2v) is 6.95. The molecule has 0 aromatic heterocycles. The third-order valence-corrected chi connectivity index (χ3v) is 3.55. The van der Waals surface area contributed by atoms with E-state index in [-0.39, 0.29) is 36.5 Å². The van der Waals surface area contributed by atoms with Gasteiger partial charge in [-0.05, 0) is 32.8 Å². The number of aliphatic imine (C=N–C) groups is 1. The van der Waals surface area contributed by atoms with Crippen molar-refractivity contribution < 1.29 is 14.6 Å². The number of guanidine groups is 1. The van der Waals surface area contributed by atoms with E-state index in [1.807, 2.05) is 51.1 Å². The smallest absolute Gasteiger partial charge is 0.407 e. The molecule has 8 heteroatoms. The van der Waals surface area contributed by atoms with Crippen LogP contribution in [0.25, 0.3) is 0 Å². The molecular weight excluding hydrogens is 459 g/mol. The van der Waals surface area contributed by atoms with Crippen LogP contribution in [-0.2, 0) is 4.74 Å². The fourth-order valence-corrected chi connectivity index (χ4v) is 2.25. The summed E-state index contributed by atoms with van der Waals surface area (Å²) in [6.45, 7) is 7.31. The van der Waals surface area contributed by atoms with Crippen LogP contribution >= 0.6 is 24.0 Å². The Morgan fingerprint density at radius 2 is 1.78 bits per heavy atom. The minimum absolute atomic E-state index is 0. The third kappa shape index (κ3) is 11.7. The van der Waals surface area contributed by atoms with Crippen molar-refractivity contribution in [3.8, 4) is 0 Å². The lowest BCUT2D eigenvalue weighted by atomic mass is 10.0. The van der Waals surface area contributed by atoms with Crippen LogP contribution in [0.15, 0.2) is 35.3 Å². The van der Waals surface area contributed by atoms with Crippen molar-refractivity contribution in [2.75, 3.05) is 33.3 Å². The maximum atomic E-state index is 11.5. The lowest BCUT2D eigenvalue weighted by molar-refractivity contribution is 0.0527. The molecule has 1 rings (SSSR count). The van der Waals surface area contributed by atoms with Crippen molar-refractivity contribution in [3.05, 3.63) is 35.9 Å². The van der Waals surface area contributed by atoms with E-state index in [1.54, 1.807) is 7.05 Å². The van der Waals surface area contributed by atoms with Gasteiger partial charge in [-0.3, -0.25) is 4.99 Å². The van der Waals surface area contributed by atoms with Gasteiger partial charge < -0.3 is 25.8 Å². The summed E-state index contributed by atoms with van der Waals surface area (Å²) in [5.74, 6) is 0.667. The zero-order valence-corrected chi connectivity index (χ0v) is 18.9. The van der Waals surface area contributed by atoms with Gasteiger partial charge in [-0.15, -0.1) is 24.0 Å². The number of hydrogen-bond donors (Lipinski definition) is 4. The molecule has 1 amide bonds. The summed E-state index contributed by atoms with van der Waals surface area (Å²) >= 11 is 0. The van der Waals surface area contributed by atoms with E-state index in [2.05, 4.69) is 20.9 Å². The number of halogens is 1. The largest absolute Gasteiger partial charge is 0.444 e. The minimum Gasteiger partial charge on any atom is -0.444 e. The first-order valence-corrected chi connectivity index (χ1v) is 8.93. The zero-order chi connectivity index (χ0) is 19.4. The van der Waals surface area contributed by atoms with Gasteiger partial charge in [-0.25, -0.2) is 4.79 Å². The molecule has 1 atom stereocenters. The lowest BCUT2D eigenvalue weighted by Gasteiger charge is -2.20. The van der Waals surface area contributed by atoms with Crippen LogP contribution in [-0.4, -0.2) is 56.0 Å². The SMILES string of the molecule is CN=C(NCCCNC(=O)OC(C)(C)C)NCC(CO)c1ccccc1.I. The highest BCUT2D eigenvalue weighted by Gasteiger charge is 2.15. The molecule has 0 heterocycles. The van der Waals surface area contributed by atoms with E-state index in [0.29, 0.717) is 25.6 Å². The van der Waals surface area contributed by atoms with Crippen LogP contribution in [0.5, 0.6) is 0 Å². The Bertz CT molecular complexity index is 562. The van der Waals surface area contributed by atoms with Crippen molar-refractivity contribution in [1.82, 2.24) is 16.0 Å². The Balaban J connectivity index is 0.00000676. The molecule has 0 aliphatic heterocycles. The number of alkyl carbamates (subject to hydrolysis) is 1. The summed E-state index contributed by atoms with van der Waals surface area (Å²) in [4.78, 5) is 15.7. The van der Waals surface area contributed by atoms with Gasteiger partial charge >= 0.3 is 6.09 Å². The van der Waals surface area contributed by atoms with Gasteiger partial charge in [-0.2, -0.15) is 0 Å². The predicted octanol–water partition coefficient (Wildman–Crippen LogP) is 2.46. The third-order valence-electron chi connectivity index (χ3n) is 3.55. The van der Waals surface area contributed by atoms with Crippen LogP contribution < -0.4 is 16.0 Å². The summed E-state index contributed by atoms with van der Waals surface area (Å²) in [7, 11) is 1.70. The van der Waals surface area contributed by atoms with Gasteiger partial charge in [0.2, 0.25) is 0 Å². The van der Waals surface area contributed by atoms with Crippen molar-refractivity contribution in [2.24, 2.45) is 4.99 Å². The molecule has 1 unspecified atom stereocenters. The summed E-state index contributed by atoms with van der Waals surface area (Å²) < 4.78 is 5.18. The highest BCUT2D eigenvalue weighted by Crippen LogP contribution is 2.13. The van der Waals surface area contributed by atoms with E-state index < -0.39 is 11.7 Å². The molecule has 0 spiro atoms. The van der Waals surface area contributed by atoms with Crippen LogP contribution in [0.1, 0.15) is 38.7 Å². The van der Waals surface area contributed by atoms with E-state index in [9.17, 15) is 9.90 Å². The number of carbonyl (C=O) groups excluding carboxylic acids is 1. The molecule has 4 N–H and O–H groups in total. The van der Waals surface area contributed by atoms with Crippen molar-refractivity contribution in [3.63, 3.8) is 0 Å². The van der Waals surface area contributed by atoms with Gasteiger partial charge in [0.25, 0.3) is 0 Å². The first-order chi connectivity index (χ1) is 12.4. The van der Waals surface area contributed by atoms with Gasteiger partial charge in [0.1, 0.15) is 5.60 Å². The first-order valence-electron chi connectivity index (χ1n) is 8.93. The second-order valence-electron chi connectivity index (χ2n) is 6.95. The maximum absolute atomic E-state index is 11.5. The highest BCUT2D eigenvalue weighted by molar-refractivity contribution is 14.0. The number of rotatable bonds is 8. The molecule has 0 aliphatic carbocycles. The molecule has 154 valence electrons. The Labute approximate surface area is 179 Å². The fourth-order valence-electron chi connectivity index (χ4n) is 2.25. The Morgan fingerprint density at radius 1 is 1.15 bits per heavy atom. The summed E-state index contributed by atoms with van der Waals surface area (Å²) in [5.41, 5.74) is 0.593. The average molecular weight is 492 g/mol. The highest BCUT2D eigenvalue weighted by atomic mass is 127. The van der Waals surface area contributed by atoms with E-state index >= 15 is 0 Å². The standard InChI is InChI=1S/C19H32N4O3.HI/c1-19(2,3)26-18(25)22-12-8-11-21-17(20-4)23-13-16(14-24)15-9-6-5-7-10-15;/h5-7,9-10,16,24H,8,11-14H2,1-4H3,(H,22,25)(H2,20,21,23);1H. The molecule has 1 aromatic carbocycles. The summed E-state index contributed by atoms with van der Waals surface area (Å²) in [6, 6.07) is 9.88. The summed E-state index contributed by atoms with van der Waals surface area (Å²) in [6.07, 6.45) is 0.329. The van der Waals surface area contributed by atoms with Crippen LogP contribution in [0.2, 0.25) is 0 Å². The minimum atomic E-state index is -0.490. The molecule has 0 saturated heterocycles. The molecular formula is C19H33IN4O3. The fraction of sp³-hybridized carbons (Fsp3) is 0.579. The van der Waals surface area contributed by atoms with E-state index in [0.717, 1.165) is 12.0 Å². The quantitative estimate of drug-likeness (QED) is 0.194. The topological polar surface area (TPSA) is 95.0 Å². The number of amides is 1. The molecule has 1 aromatic rings. The van der Waals surface area contributed by atoms with Gasteiger partial charge in [0, 0.05) is 32.6 Å². The predicted molar refractivity (Wildman–Crippen MR) is 120 cm³/mol. The molecule has 0 bridgehead atoms. The number of benzene rings is 1. The maximum Gasteiger partial charge on any atom is 0.407 e. The van der Waals surface area contributed by atoms with Gasteiger partial charge in [0.15, 0.2) is 5.96 Å². The number of nitrogens with one attached hydrogen (secondary N) is 3. The lowest BCUT2D eigenvalue weighted by Crippen LogP contribution is -2.41. The first kappa shape index (κ1) is 25.4. The van der Waals surface area contributed by atoms with Crippen LogP contribution in [0.3, 0.4) is 0 Å². The number of aliphatic hydroxyl groups excluding tert-OH is 1. The molecule has 0 saturated carbocycles. The zero-order valence-electron chi connectivity index (χ0n) is 16.6.